The molecule has 0 spiro atoms. The van der Waals surface area contributed by atoms with Crippen LogP contribution in [0.2, 0.25) is 0 Å². The first-order chi connectivity index (χ1) is 18.0. The zero-order valence-corrected chi connectivity index (χ0v) is 20.4. The third-order valence-electron chi connectivity index (χ3n) is 5.65. The van der Waals surface area contributed by atoms with E-state index in [4.69, 9.17) is 4.42 Å². The highest BCUT2D eigenvalue weighted by molar-refractivity contribution is 6.06. The first-order valence-electron chi connectivity index (χ1n) is 11.9. The van der Waals surface area contributed by atoms with Gasteiger partial charge in [-0.05, 0) is 79.7 Å². The molecule has 0 aliphatic heterocycles. The molecule has 3 aromatic carbocycles. The fraction of sp³-hybridized carbons (Fsp3) is 0.138. The topological polar surface area (TPSA) is 104 Å². The van der Waals surface area contributed by atoms with Gasteiger partial charge in [-0.1, -0.05) is 18.2 Å². The number of nitrogens with one attached hydrogen (secondary N) is 3. The van der Waals surface area contributed by atoms with Crippen LogP contribution < -0.4 is 20.9 Å². The number of carbonyl (C=O) groups excluding carboxylic acids is 3. The molecule has 4 rings (SSSR count). The maximum absolute atomic E-state index is 12.9. The van der Waals surface area contributed by atoms with Crippen molar-refractivity contribution in [1.29, 1.82) is 0 Å². The molecule has 37 heavy (non-hydrogen) atoms. The van der Waals surface area contributed by atoms with Gasteiger partial charge in [0.25, 0.3) is 11.8 Å². The molecule has 0 aliphatic carbocycles. The lowest BCUT2D eigenvalue weighted by atomic mass is 10.1. The number of anilines is 3. The normalized spacial score (nSPS) is 10.4. The predicted octanol–water partition coefficient (Wildman–Crippen LogP) is 4.93. The van der Waals surface area contributed by atoms with E-state index < -0.39 is 0 Å². The Balaban J connectivity index is 1.25. The van der Waals surface area contributed by atoms with Crippen LogP contribution in [0.5, 0.6) is 0 Å². The van der Waals surface area contributed by atoms with E-state index in [0.717, 1.165) is 5.69 Å². The van der Waals surface area contributed by atoms with Crippen molar-refractivity contribution in [3.8, 4) is 0 Å². The van der Waals surface area contributed by atoms with E-state index in [1.165, 1.54) is 0 Å². The summed E-state index contributed by atoms with van der Waals surface area (Å²) < 4.78 is 5.20. The number of hydrogen-bond donors (Lipinski definition) is 3. The first kappa shape index (κ1) is 25.2. The maximum atomic E-state index is 12.9. The van der Waals surface area contributed by atoms with Crippen LogP contribution in [-0.2, 0) is 11.3 Å². The number of amides is 3. The van der Waals surface area contributed by atoms with Gasteiger partial charge in [-0.15, -0.1) is 0 Å². The van der Waals surface area contributed by atoms with Crippen molar-refractivity contribution >= 4 is 34.8 Å². The summed E-state index contributed by atoms with van der Waals surface area (Å²) in [7, 11) is 0. The van der Waals surface area contributed by atoms with Crippen molar-refractivity contribution in [2.75, 3.05) is 28.6 Å². The van der Waals surface area contributed by atoms with Gasteiger partial charge >= 0.3 is 0 Å². The minimum absolute atomic E-state index is 0.0440. The lowest BCUT2D eigenvalue weighted by molar-refractivity contribution is -0.114. The first-order valence-corrected chi connectivity index (χ1v) is 11.9. The van der Waals surface area contributed by atoms with Crippen LogP contribution in [-0.4, -0.2) is 30.8 Å². The van der Waals surface area contributed by atoms with Crippen LogP contribution in [0.3, 0.4) is 0 Å². The standard InChI is InChI=1S/C29H28N4O4/c1-2-33(25-7-4-3-5-8-25)29(36)22-12-16-24(17-13-22)32-27(34)20-30-23-14-10-21(11-15-23)28(35)31-19-26-9-6-18-37-26/h3-18,30H,2,19-20H2,1H3,(H,31,35)(H,32,34). The van der Waals surface area contributed by atoms with Gasteiger partial charge < -0.3 is 25.3 Å². The van der Waals surface area contributed by atoms with Crippen LogP contribution in [0.25, 0.3) is 0 Å². The Morgan fingerprint density at radius 2 is 1.46 bits per heavy atom. The molecule has 0 bridgehead atoms. The molecule has 8 heteroatoms. The van der Waals surface area contributed by atoms with E-state index in [9.17, 15) is 14.4 Å². The van der Waals surface area contributed by atoms with E-state index >= 15 is 0 Å². The van der Waals surface area contributed by atoms with E-state index in [0.29, 0.717) is 41.4 Å². The predicted molar refractivity (Wildman–Crippen MR) is 144 cm³/mol. The van der Waals surface area contributed by atoms with Gasteiger partial charge in [0.05, 0.1) is 19.4 Å². The fourth-order valence-electron chi connectivity index (χ4n) is 3.71. The molecule has 0 fully saturated rings. The fourth-order valence-corrected chi connectivity index (χ4v) is 3.71. The summed E-state index contributed by atoms with van der Waals surface area (Å²) in [5.41, 5.74) is 3.18. The Bertz CT molecular complexity index is 1320. The molecule has 4 aromatic rings. The summed E-state index contributed by atoms with van der Waals surface area (Å²) in [6.45, 7) is 2.83. The quantitative estimate of drug-likeness (QED) is 0.289. The Morgan fingerprint density at radius 3 is 2.11 bits per heavy atom. The minimum Gasteiger partial charge on any atom is -0.467 e. The van der Waals surface area contributed by atoms with Gasteiger partial charge in [0.2, 0.25) is 5.91 Å². The van der Waals surface area contributed by atoms with Gasteiger partial charge in [0.15, 0.2) is 0 Å². The summed E-state index contributed by atoms with van der Waals surface area (Å²) >= 11 is 0. The molecule has 8 nitrogen and oxygen atoms in total. The zero-order valence-electron chi connectivity index (χ0n) is 20.4. The van der Waals surface area contributed by atoms with Crippen LogP contribution in [0, 0.1) is 0 Å². The summed E-state index contributed by atoms with van der Waals surface area (Å²) in [5.74, 6) is 0.118. The molecule has 188 valence electrons. The van der Waals surface area contributed by atoms with Crippen LogP contribution >= 0.6 is 0 Å². The third kappa shape index (κ3) is 6.85. The number of hydrogen-bond acceptors (Lipinski definition) is 5. The highest BCUT2D eigenvalue weighted by Crippen LogP contribution is 2.18. The number of benzene rings is 3. The molecule has 3 amide bonds. The second-order valence-electron chi connectivity index (χ2n) is 8.20. The Hall–Kier alpha value is -4.85. The highest BCUT2D eigenvalue weighted by Gasteiger charge is 2.16. The number of carbonyl (C=O) groups is 3. The smallest absolute Gasteiger partial charge is 0.258 e. The number of nitrogens with zero attached hydrogens (tertiary/aromatic N) is 1. The number of furan rings is 1. The largest absolute Gasteiger partial charge is 0.467 e. The molecule has 0 saturated carbocycles. The minimum atomic E-state index is -0.237. The Kier molecular flexibility index (Phi) is 8.33. The summed E-state index contributed by atoms with van der Waals surface area (Å²) in [6, 6.07) is 26.7. The van der Waals surface area contributed by atoms with E-state index in [-0.39, 0.29) is 24.3 Å². The molecule has 0 radical (unpaired) electrons. The van der Waals surface area contributed by atoms with E-state index in [1.54, 1.807) is 71.8 Å². The summed E-state index contributed by atoms with van der Waals surface area (Å²) in [4.78, 5) is 39.3. The molecule has 0 atom stereocenters. The lowest BCUT2D eigenvalue weighted by Gasteiger charge is -2.21. The molecular formula is C29H28N4O4. The highest BCUT2D eigenvalue weighted by atomic mass is 16.3. The lowest BCUT2D eigenvalue weighted by Crippen LogP contribution is -2.30. The van der Waals surface area contributed by atoms with Crippen molar-refractivity contribution in [2.45, 2.75) is 13.5 Å². The average molecular weight is 497 g/mol. The van der Waals surface area contributed by atoms with Gasteiger partial charge in [-0.3, -0.25) is 14.4 Å². The van der Waals surface area contributed by atoms with Gasteiger partial charge in [-0.2, -0.15) is 0 Å². The van der Waals surface area contributed by atoms with Crippen molar-refractivity contribution in [2.24, 2.45) is 0 Å². The third-order valence-corrected chi connectivity index (χ3v) is 5.65. The Labute approximate surface area is 215 Å². The number of rotatable bonds is 10. The monoisotopic (exact) mass is 496 g/mol. The Morgan fingerprint density at radius 1 is 0.784 bits per heavy atom. The van der Waals surface area contributed by atoms with Crippen molar-refractivity contribution in [3.05, 3.63) is 114 Å². The summed E-state index contributed by atoms with van der Waals surface area (Å²) in [5, 5.41) is 8.64. The molecule has 0 aliphatic rings. The van der Waals surface area contributed by atoms with Crippen molar-refractivity contribution in [1.82, 2.24) is 5.32 Å². The molecule has 1 heterocycles. The van der Waals surface area contributed by atoms with Crippen LogP contribution in [0.15, 0.2) is 102 Å². The average Bonchev–Trinajstić information content (AvgIpc) is 3.46. The molecular weight excluding hydrogens is 468 g/mol. The van der Waals surface area contributed by atoms with Crippen molar-refractivity contribution in [3.63, 3.8) is 0 Å². The van der Waals surface area contributed by atoms with Crippen molar-refractivity contribution < 1.29 is 18.8 Å². The molecule has 0 unspecified atom stereocenters. The zero-order chi connectivity index (χ0) is 26.0. The number of para-hydroxylation sites is 1. The molecule has 3 N–H and O–H groups in total. The van der Waals surface area contributed by atoms with E-state index in [1.807, 2.05) is 37.3 Å². The SMILES string of the molecule is CCN(C(=O)c1ccc(NC(=O)CNc2ccc(C(=O)NCc3ccco3)cc2)cc1)c1ccccc1. The second kappa shape index (κ2) is 12.2. The van der Waals surface area contributed by atoms with Crippen LogP contribution in [0.1, 0.15) is 33.4 Å². The summed E-state index contributed by atoms with van der Waals surface area (Å²) in [6.07, 6.45) is 1.56. The molecule has 1 aromatic heterocycles. The van der Waals surface area contributed by atoms with Crippen LogP contribution in [0.4, 0.5) is 17.1 Å². The van der Waals surface area contributed by atoms with Gasteiger partial charge in [0.1, 0.15) is 5.76 Å². The van der Waals surface area contributed by atoms with E-state index in [2.05, 4.69) is 16.0 Å². The molecule has 0 saturated heterocycles. The van der Waals surface area contributed by atoms with Gasteiger partial charge in [0, 0.05) is 34.7 Å². The van der Waals surface area contributed by atoms with Gasteiger partial charge in [-0.25, -0.2) is 0 Å². The second-order valence-corrected chi connectivity index (χ2v) is 8.20. The maximum Gasteiger partial charge on any atom is 0.258 e.